The van der Waals surface area contributed by atoms with Gasteiger partial charge in [-0.25, -0.2) is 0 Å². The van der Waals surface area contributed by atoms with E-state index in [0.717, 1.165) is 22.9 Å². The highest BCUT2D eigenvalue weighted by atomic mass is 35.5. The molecule has 1 fully saturated rings. The van der Waals surface area contributed by atoms with E-state index in [1.54, 1.807) is 0 Å². The van der Waals surface area contributed by atoms with Crippen molar-refractivity contribution < 1.29 is 4.74 Å². The number of hydrogen-bond acceptors (Lipinski definition) is 2. The summed E-state index contributed by atoms with van der Waals surface area (Å²) in [5, 5.41) is 4.45. The number of benzene rings is 2. The first-order valence-electron chi connectivity index (χ1n) is 8.99. The third-order valence-corrected chi connectivity index (χ3v) is 4.90. The summed E-state index contributed by atoms with van der Waals surface area (Å²) < 4.78 is 5.83. The van der Waals surface area contributed by atoms with E-state index in [9.17, 15) is 0 Å². The Bertz CT molecular complexity index is 618. The van der Waals surface area contributed by atoms with Crippen LogP contribution in [0, 0.1) is 0 Å². The van der Waals surface area contributed by atoms with Gasteiger partial charge in [0.25, 0.3) is 0 Å². The number of nitrogens with one attached hydrogen (secondary N) is 1. The van der Waals surface area contributed by atoms with Crippen LogP contribution in [0.5, 0.6) is 5.75 Å². The van der Waals surface area contributed by atoms with Crippen LogP contribution in [0.1, 0.15) is 49.7 Å². The Balaban J connectivity index is 1.46. The van der Waals surface area contributed by atoms with Crippen molar-refractivity contribution in [3.8, 4) is 5.75 Å². The molecule has 0 bridgehead atoms. The fourth-order valence-corrected chi connectivity index (χ4v) is 3.46. The molecule has 0 aliphatic heterocycles. The second-order valence-corrected chi connectivity index (χ2v) is 7.07. The maximum atomic E-state index is 5.99. The van der Waals surface area contributed by atoms with Crippen molar-refractivity contribution >= 4 is 11.6 Å². The summed E-state index contributed by atoms with van der Waals surface area (Å²) in [5.74, 6) is 0.896. The van der Waals surface area contributed by atoms with Gasteiger partial charge in [0.2, 0.25) is 0 Å². The van der Waals surface area contributed by atoms with Gasteiger partial charge < -0.3 is 10.1 Å². The van der Waals surface area contributed by atoms with Gasteiger partial charge in [-0.2, -0.15) is 0 Å². The van der Waals surface area contributed by atoms with E-state index >= 15 is 0 Å². The molecule has 3 rings (SSSR count). The predicted octanol–water partition coefficient (Wildman–Crippen LogP) is 5.73. The standard InChI is InChI=1S/C21H26ClNO/c22-19-7-5-6-18(14-19)16-24-21-12-10-17(11-13-21)15-23-20-8-3-1-2-4-9-20/h5-7,10-14,20,23H,1-4,8-9,15-16H2. The Morgan fingerprint density at radius 1 is 0.917 bits per heavy atom. The Hall–Kier alpha value is -1.51. The molecule has 0 spiro atoms. The highest BCUT2D eigenvalue weighted by Crippen LogP contribution is 2.19. The molecule has 2 aromatic carbocycles. The smallest absolute Gasteiger partial charge is 0.119 e. The molecule has 128 valence electrons. The molecule has 0 heterocycles. The highest BCUT2D eigenvalue weighted by molar-refractivity contribution is 6.30. The summed E-state index contributed by atoms with van der Waals surface area (Å²) in [5.41, 5.74) is 2.40. The first-order valence-corrected chi connectivity index (χ1v) is 9.37. The lowest BCUT2D eigenvalue weighted by molar-refractivity contribution is 0.306. The molecule has 0 saturated heterocycles. The van der Waals surface area contributed by atoms with E-state index in [4.69, 9.17) is 16.3 Å². The quantitative estimate of drug-likeness (QED) is 0.676. The van der Waals surface area contributed by atoms with Crippen molar-refractivity contribution in [1.82, 2.24) is 5.32 Å². The molecule has 1 aliphatic carbocycles. The molecule has 24 heavy (non-hydrogen) atoms. The summed E-state index contributed by atoms with van der Waals surface area (Å²) in [6.45, 7) is 1.49. The molecule has 2 aromatic rings. The summed E-state index contributed by atoms with van der Waals surface area (Å²) in [7, 11) is 0. The Morgan fingerprint density at radius 3 is 2.38 bits per heavy atom. The molecule has 1 saturated carbocycles. The Morgan fingerprint density at radius 2 is 1.67 bits per heavy atom. The molecule has 0 amide bonds. The minimum Gasteiger partial charge on any atom is -0.489 e. The number of halogens is 1. The van der Waals surface area contributed by atoms with Gasteiger partial charge in [-0.15, -0.1) is 0 Å². The number of ether oxygens (including phenoxy) is 1. The molecule has 3 heteroatoms. The zero-order valence-electron chi connectivity index (χ0n) is 14.1. The molecular formula is C21H26ClNO. The first kappa shape index (κ1) is 17.3. The van der Waals surface area contributed by atoms with Crippen LogP contribution in [0.3, 0.4) is 0 Å². The molecule has 0 aromatic heterocycles. The summed E-state index contributed by atoms with van der Waals surface area (Å²) in [6, 6.07) is 16.9. The third kappa shape index (κ3) is 5.54. The average Bonchev–Trinajstić information content (AvgIpc) is 2.88. The monoisotopic (exact) mass is 343 g/mol. The maximum Gasteiger partial charge on any atom is 0.119 e. The van der Waals surface area contributed by atoms with Crippen LogP contribution in [0.2, 0.25) is 5.02 Å². The molecule has 1 N–H and O–H groups in total. The van der Waals surface area contributed by atoms with Crippen LogP contribution >= 0.6 is 11.6 Å². The van der Waals surface area contributed by atoms with Crippen LogP contribution in [0.25, 0.3) is 0 Å². The van der Waals surface area contributed by atoms with Crippen molar-refractivity contribution in [2.75, 3.05) is 0 Å². The summed E-state index contributed by atoms with van der Waals surface area (Å²) in [4.78, 5) is 0. The zero-order chi connectivity index (χ0) is 16.6. The molecule has 0 unspecified atom stereocenters. The van der Waals surface area contributed by atoms with Gasteiger partial charge >= 0.3 is 0 Å². The van der Waals surface area contributed by atoms with Gasteiger partial charge in [0.15, 0.2) is 0 Å². The van der Waals surface area contributed by atoms with Crippen LogP contribution < -0.4 is 10.1 Å². The Kier molecular flexibility index (Phi) is 6.57. The zero-order valence-corrected chi connectivity index (χ0v) is 14.9. The minimum atomic E-state index is 0.542. The average molecular weight is 344 g/mol. The molecule has 1 aliphatic rings. The predicted molar refractivity (Wildman–Crippen MR) is 101 cm³/mol. The molecular weight excluding hydrogens is 318 g/mol. The van der Waals surface area contributed by atoms with E-state index in [2.05, 4.69) is 29.6 Å². The molecule has 0 radical (unpaired) electrons. The van der Waals surface area contributed by atoms with Crippen LogP contribution in [-0.4, -0.2) is 6.04 Å². The van der Waals surface area contributed by atoms with Crippen LogP contribution in [0.4, 0.5) is 0 Å². The van der Waals surface area contributed by atoms with Gasteiger partial charge in [-0.3, -0.25) is 0 Å². The Labute approximate surface area is 150 Å². The van der Waals surface area contributed by atoms with E-state index < -0.39 is 0 Å². The first-order chi connectivity index (χ1) is 11.8. The lowest BCUT2D eigenvalue weighted by Gasteiger charge is -2.16. The SMILES string of the molecule is Clc1cccc(COc2ccc(CNC3CCCCCC3)cc2)c1. The van der Waals surface area contributed by atoms with E-state index in [1.165, 1.54) is 44.1 Å². The maximum absolute atomic E-state index is 5.99. The lowest BCUT2D eigenvalue weighted by Crippen LogP contribution is -2.27. The topological polar surface area (TPSA) is 21.3 Å². The van der Waals surface area contributed by atoms with Crippen molar-refractivity contribution in [3.05, 3.63) is 64.7 Å². The van der Waals surface area contributed by atoms with Gasteiger partial charge in [-0.05, 0) is 48.2 Å². The van der Waals surface area contributed by atoms with E-state index in [1.807, 2.05) is 24.3 Å². The van der Waals surface area contributed by atoms with Gasteiger partial charge in [0.05, 0.1) is 0 Å². The second kappa shape index (κ2) is 9.10. The summed E-state index contributed by atoms with van der Waals surface area (Å²) in [6.07, 6.45) is 8.18. The fourth-order valence-electron chi connectivity index (χ4n) is 3.24. The van der Waals surface area contributed by atoms with Gasteiger partial charge in [0, 0.05) is 17.6 Å². The molecule has 2 nitrogen and oxygen atoms in total. The number of hydrogen-bond donors (Lipinski definition) is 1. The van der Waals surface area contributed by atoms with Crippen molar-refractivity contribution in [1.29, 1.82) is 0 Å². The summed E-state index contributed by atoms with van der Waals surface area (Å²) >= 11 is 5.99. The van der Waals surface area contributed by atoms with Crippen LogP contribution in [-0.2, 0) is 13.2 Å². The van der Waals surface area contributed by atoms with Crippen LogP contribution in [0.15, 0.2) is 48.5 Å². The molecule has 0 atom stereocenters. The normalized spacial score (nSPS) is 15.9. The van der Waals surface area contributed by atoms with Gasteiger partial charge in [-0.1, -0.05) is 61.5 Å². The second-order valence-electron chi connectivity index (χ2n) is 6.63. The van der Waals surface area contributed by atoms with Crippen molar-refractivity contribution in [3.63, 3.8) is 0 Å². The fraction of sp³-hybridized carbons (Fsp3) is 0.429. The number of rotatable bonds is 6. The van der Waals surface area contributed by atoms with E-state index in [0.29, 0.717) is 12.6 Å². The highest BCUT2D eigenvalue weighted by Gasteiger charge is 2.11. The van der Waals surface area contributed by atoms with Crippen molar-refractivity contribution in [2.45, 2.75) is 57.7 Å². The van der Waals surface area contributed by atoms with E-state index in [-0.39, 0.29) is 0 Å². The third-order valence-electron chi connectivity index (χ3n) is 4.67. The lowest BCUT2D eigenvalue weighted by atomic mass is 10.1. The van der Waals surface area contributed by atoms with Gasteiger partial charge in [0.1, 0.15) is 12.4 Å². The minimum absolute atomic E-state index is 0.542. The largest absolute Gasteiger partial charge is 0.489 e. The van der Waals surface area contributed by atoms with Crippen molar-refractivity contribution in [2.24, 2.45) is 0 Å².